The van der Waals surface area contributed by atoms with Crippen molar-refractivity contribution < 1.29 is 41.8 Å². The predicted molar refractivity (Wildman–Crippen MR) is 159 cm³/mol. The molecule has 0 unspecified atom stereocenters. The number of ether oxygens (including phenoxy) is 3. The van der Waals surface area contributed by atoms with Crippen LogP contribution >= 0.6 is 0 Å². The number of carbonyl (C=O) groups is 3. The monoisotopic (exact) mass is 626 g/mol. The summed E-state index contributed by atoms with van der Waals surface area (Å²) in [4.78, 5) is 43.0. The third-order valence-electron chi connectivity index (χ3n) is 5.99. The number of imide groups is 1. The second kappa shape index (κ2) is 12.6. The van der Waals surface area contributed by atoms with E-state index in [-0.39, 0.29) is 28.5 Å². The van der Waals surface area contributed by atoms with E-state index in [0.717, 1.165) is 0 Å². The number of anilines is 1. The molecule has 0 fully saturated rings. The van der Waals surface area contributed by atoms with Crippen molar-refractivity contribution in [3.63, 3.8) is 0 Å². The molecule has 45 heavy (non-hydrogen) atoms. The first-order valence-corrected chi connectivity index (χ1v) is 14.0. The van der Waals surface area contributed by atoms with Gasteiger partial charge in [-0.05, 0) is 65.3 Å². The normalized spacial score (nSPS) is 12.1. The first kappa shape index (κ1) is 33.0. The summed E-state index contributed by atoms with van der Waals surface area (Å²) in [7, 11) is 0. The zero-order chi connectivity index (χ0) is 33.2. The Morgan fingerprint density at radius 1 is 0.867 bits per heavy atom. The molecule has 10 nitrogen and oxygen atoms in total. The van der Waals surface area contributed by atoms with Crippen molar-refractivity contribution in [3.05, 3.63) is 78.2 Å². The number of amides is 2. The van der Waals surface area contributed by atoms with Gasteiger partial charge in [-0.3, -0.25) is 4.79 Å². The van der Waals surface area contributed by atoms with Crippen LogP contribution in [0.5, 0.6) is 5.75 Å². The van der Waals surface area contributed by atoms with Crippen LogP contribution in [0.3, 0.4) is 0 Å². The van der Waals surface area contributed by atoms with Gasteiger partial charge in [-0.1, -0.05) is 42.5 Å². The van der Waals surface area contributed by atoms with E-state index in [2.05, 4.69) is 10.1 Å². The Hall–Kier alpha value is -4.94. The van der Waals surface area contributed by atoms with Gasteiger partial charge in [0, 0.05) is 17.3 Å². The van der Waals surface area contributed by atoms with Crippen LogP contribution in [-0.2, 0) is 9.47 Å². The second-order valence-electron chi connectivity index (χ2n) is 12.0. The SMILES string of the molecule is CC(C)(C)OC(=O)N(C(=O)OC(C)(C)C)c1nc2cc(-c3cccc(OCCC(F)(F)C(=O)c4ccccc4)c3F)ccn2n1. The smallest absolute Gasteiger partial charge is 0.427 e. The van der Waals surface area contributed by atoms with Crippen molar-refractivity contribution in [1.29, 1.82) is 0 Å². The first-order valence-electron chi connectivity index (χ1n) is 14.0. The number of aromatic nitrogens is 3. The highest BCUT2D eigenvalue weighted by molar-refractivity contribution is 6.08. The minimum Gasteiger partial charge on any atom is -0.490 e. The highest BCUT2D eigenvalue weighted by Gasteiger charge is 2.39. The Labute approximate surface area is 257 Å². The molecule has 238 valence electrons. The summed E-state index contributed by atoms with van der Waals surface area (Å²) in [6.45, 7) is 9.15. The Morgan fingerprint density at radius 3 is 2.09 bits per heavy atom. The lowest BCUT2D eigenvalue weighted by molar-refractivity contribution is -0.00285. The number of alkyl halides is 2. The van der Waals surface area contributed by atoms with Gasteiger partial charge in [0.25, 0.3) is 5.95 Å². The molecule has 0 aliphatic carbocycles. The summed E-state index contributed by atoms with van der Waals surface area (Å²) in [6.07, 6.45) is -1.63. The fourth-order valence-corrected chi connectivity index (χ4v) is 4.03. The van der Waals surface area contributed by atoms with Gasteiger partial charge < -0.3 is 14.2 Å². The summed E-state index contributed by atoms with van der Waals surface area (Å²) < 4.78 is 61.9. The summed E-state index contributed by atoms with van der Waals surface area (Å²) in [6, 6.07) is 14.3. The number of benzene rings is 2. The number of halogens is 3. The third-order valence-corrected chi connectivity index (χ3v) is 5.99. The number of hydrogen-bond donors (Lipinski definition) is 0. The molecule has 2 aromatic heterocycles. The van der Waals surface area contributed by atoms with Crippen LogP contribution in [-0.4, -0.2) is 56.3 Å². The Bertz CT molecular complexity index is 1680. The van der Waals surface area contributed by atoms with E-state index in [1.807, 2.05) is 0 Å². The maximum absolute atomic E-state index is 15.5. The average Bonchev–Trinajstić information content (AvgIpc) is 3.34. The van der Waals surface area contributed by atoms with E-state index < -0.39 is 53.9 Å². The van der Waals surface area contributed by atoms with E-state index in [1.54, 1.807) is 47.6 Å². The van der Waals surface area contributed by atoms with E-state index >= 15 is 4.39 Å². The van der Waals surface area contributed by atoms with Crippen LogP contribution in [0.2, 0.25) is 0 Å². The van der Waals surface area contributed by atoms with Gasteiger partial charge in [-0.2, -0.15) is 13.8 Å². The number of nitrogens with zero attached hydrogens (tertiary/aromatic N) is 4. The predicted octanol–water partition coefficient (Wildman–Crippen LogP) is 7.50. The van der Waals surface area contributed by atoms with Crippen molar-refractivity contribution in [2.45, 2.75) is 65.1 Å². The molecule has 0 aliphatic rings. The Morgan fingerprint density at radius 2 is 1.49 bits per heavy atom. The zero-order valence-electron chi connectivity index (χ0n) is 25.6. The summed E-state index contributed by atoms with van der Waals surface area (Å²) in [5.74, 6) is -6.52. The van der Waals surface area contributed by atoms with Crippen molar-refractivity contribution in [2.75, 3.05) is 11.5 Å². The molecule has 0 N–H and O–H groups in total. The quantitative estimate of drug-likeness (QED) is 0.185. The molecule has 0 atom stereocenters. The zero-order valence-corrected chi connectivity index (χ0v) is 25.6. The van der Waals surface area contributed by atoms with Crippen molar-refractivity contribution in [2.24, 2.45) is 0 Å². The van der Waals surface area contributed by atoms with Crippen LogP contribution < -0.4 is 9.64 Å². The molecular formula is C32H33F3N4O6. The molecule has 0 aliphatic heterocycles. The standard InChI is InChI=1S/C32H33F3N4O6/c1-30(2,3)44-28(41)39(29(42)45-31(4,5)6)27-36-24-19-21(15-17-38(24)37-27)22-13-10-14-23(25(22)33)43-18-16-32(34,35)26(40)20-11-8-7-9-12-20/h7-15,17,19H,16,18H2,1-6H3. The number of Topliss-reactive ketones (excluding diaryl/α,β-unsaturated/α-hetero) is 1. The molecule has 4 aromatic rings. The molecule has 0 spiro atoms. The summed E-state index contributed by atoms with van der Waals surface area (Å²) in [5, 5.41) is 4.20. The van der Waals surface area contributed by atoms with Crippen molar-refractivity contribution >= 4 is 29.6 Å². The number of rotatable bonds is 8. The second-order valence-corrected chi connectivity index (χ2v) is 12.0. The van der Waals surface area contributed by atoms with Crippen LogP contribution in [0, 0.1) is 5.82 Å². The van der Waals surface area contributed by atoms with E-state index in [9.17, 15) is 23.2 Å². The maximum atomic E-state index is 15.5. The van der Waals surface area contributed by atoms with Gasteiger partial charge in [0.15, 0.2) is 17.2 Å². The maximum Gasteiger partial charge on any atom is 0.427 e. The molecule has 0 saturated heterocycles. The van der Waals surface area contributed by atoms with E-state index in [4.69, 9.17) is 14.2 Å². The molecule has 0 radical (unpaired) electrons. The van der Waals surface area contributed by atoms with Crippen LogP contribution in [0.25, 0.3) is 16.8 Å². The van der Waals surface area contributed by atoms with Gasteiger partial charge in [-0.15, -0.1) is 10.00 Å². The molecule has 2 aromatic carbocycles. The van der Waals surface area contributed by atoms with E-state index in [1.165, 1.54) is 65.3 Å². The molecule has 13 heteroatoms. The third kappa shape index (κ3) is 8.16. The van der Waals surface area contributed by atoms with Crippen molar-refractivity contribution in [3.8, 4) is 16.9 Å². The van der Waals surface area contributed by atoms with E-state index in [0.29, 0.717) is 10.5 Å². The fourth-order valence-electron chi connectivity index (χ4n) is 4.03. The molecule has 2 amide bonds. The van der Waals surface area contributed by atoms with Gasteiger partial charge in [0.2, 0.25) is 5.78 Å². The topological polar surface area (TPSA) is 112 Å². The largest absolute Gasteiger partial charge is 0.490 e. The average molecular weight is 627 g/mol. The number of carbonyl (C=O) groups excluding carboxylic acids is 3. The fraction of sp³-hybridized carbons (Fsp3) is 0.344. The lowest BCUT2D eigenvalue weighted by atomic mass is 10.0. The molecule has 2 heterocycles. The minimum atomic E-state index is -3.71. The lowest BCUT2D eigenvalue weighted by Gasteiger charge is -2.26. The first-order chi connectivity index (χ1) is 20.9. The Balaban J connectivity index is 1.57. The number of ketones is 1. The van der Waals surface area contributed by atoms with Crippen LogP contribution in [0.1, 0.15) is 58.3 Å². The highest BCUT2D eigenvalue weighted by Crippen LogP contribution is 2.31. The van der Waals surface area contributed by atoms with Crippen LogP contribution in [0.15, 0.2) is 66.9 Å². The molecular weight excluding hydrogens is 593 g/mol. The Kier molecular flexibility index (Phi) is 9.22. The summed E-state index contributed by atoms with van der Waals surface area (Å²) in [5.41, 5.74) is -1.51. The molecule has 4 rings (SSSR count). The number of hydrogen-bond acceptors (Lipinski definition) is 8. The lowest BCUT2D eigenvalue weighted by Crippen LogP contribution is -2.44. The van der Waals surface area contributed by atoms with Crippen LogP contribution in [0.4, 0.5) is 28.7 Å². The van der Waals surface area contributed by atoms with Gasteiger partial charge in [0.05, 0.1) is 13.0 Å². The van der Waals surface area contributed by atoms with Gasteiger partial charge in [-0.25, -0.2) is 18.5 Å². The van der Waals surface area contributed by atoms with Gasteiger partial charge in [0.1, 0.15) is 11.2 Å². The van der Waals surface area contributed by atoms with Crippen molar-refractivity contribution in [1.82, 2.24) is 14.6 Å². The van der Waals surface area contributed by atoms with Gasteiger partial charge >= 0.3 is 18.1 Å². The number of fused-ring (bicyclic) bond motifs is 1. The molecule has 0 saturated carbocycles. The summed E-state index contributed by atoms with van der Waals surface area (Å²) >= 11 is 0. The number of pyridine rings is 1. The minimum absolute atomic E-state index is 0.0582. The highest BCUT2D eigenvalue weighted by atomic mass is 19.3. The molecule has 0 bridgehead atoms.